The Hall–Kier alpha value is -1.23. The molecule has 2 aromatic rings. The van der Waals surface area contributed by atoms with Crippen molar-refractivity contribution in [3.63, 3.8) is 0 Å². The molecule has 106 valence electrons. The van der Waals surface area contributed by atoms with Gasteiger partial charge in [-0.3, -0.25) is 0 Å². The summed E-state index contributed by atoms with van der Waals surface area (Å²) in [6.45, 7) is 1.42. The van der Waals surface area contributed by atoms with Gasteiger partial charge in [0.05, 0.1) is 22.9 Å². The summed E-state index contributed by atoms with van der Waals surface area (Å²) in [5, 5.41) is 5.22. The monoisotopic (exact) mass is 312 g/mol. The molecule has 0 radical (unpaired) electrons. The number of benzene rings is 1. The molecule has 0 amide bonds. The Balaban J connectivity index is 2.06. The van der Waals surface area contributed by atoms with Crippen LogP contribution in [0.5, 0.6) is 0 Å². The average molecular weight is 313 g/mol. The SMILES string of the molecule is Nc1onc(C2CCCOC2)c1-c1ccc(Cl)cc1Cl. The standard InChI is InChI=1S/C14H14Cl2N2O2/c15-9-3-4-10(11(16)6-9)12-13(18-20-14(12)17)8-2-1-5-19-7-8/h3-4,6,8H,1-2,5,7,17H2. The van der Waals surface area contributed by atoms with E-state index in [1.54, 1.807) is 12.1 Å². The molecular weight excluding hydrogens is 299 g/mol. The molecule has 1 unspecified atom stereocenters. The molecule has 1 atom stereocenters. The number of anilines is 1. The Labute approximate surface area is 126 Å². The molecule has 0 bridgehead atoms. The largest absolute Gasteiger partial charge is 0.381 e. The smallest absolute Gasteiger partial charge is 0.230 e. The van der Waals surface area contributed by atoms with E-state index >= 15 is 0 Å². The zero-order valence-corrected chi connectivity index (χ0v) is 12.2. The van der Waals surface area contributed by atoms with Crippen LogP contribution in [0.25, 0.3) is 11.1 Å². The molecule has 1 aromatic carbocycles. The Kier molecular flexibility index (Phi) is 3.87. The lowest BCUT2D eigenvalue weighted by molar-refractivity contribution is 0.0785. The minimum Gasteiger partial charge on any atom is -0.381 e. The maximum absolute atomic E-state index is 6.26. The van der Waals surface area contributed by atoms with Gasteiger partial charge in [0.25, 0.3) is 0 Å². The van der Waals surface area contributed by atoms with Gasteiger partial charge in [0.1, 0.15) is 0 Å². The number of hydrogen-bond acceptors (Lipinski definition) is 4. The normalized spacial score (nSPS) is 19.2. The van der Waals surface area contributed by atoms with Crippen LogP contribution in [0.2, 0.25) is 10.0 Å². The summed E-state index contributed by atoms with van der Waals surface area (Å²) in [7, 11) is 0. The molecule has 1 aromatic heterocycles. The van der Waals surface area contributed by atoms with E-state index < -0.39 is 0 Å². The molecule has 2 heterocycles. The maximum atomic E-state index is 6.26. The number of ether oxygens (including phenoxy) is 1. The van der Waals surface area contributed by atoms with Gasteiger partial charge in [-0.2, -0.15) is 0 Å². The number of aromatic nitrogens is 1. The van der Waals surface area contributed by atoms with Gasteiger partial charge in [-0.05, 0) is 25.0 Å². The first kappa shape index (κ1) is 13.7. The fourth-order valence-corrected chi connectivity index (χ4v) is 3.02. The summed E-state index contributed by atoms with van der Waals surface area (Å²) in [5.74, 6) is 0.460. The highest BCUT2D eigenvalue weighted by Crippen LogP contribution is 2.40. The molecule has 1 saturated heterocycles. The van der Waals surface area contributed by atoms with Crippen LogP contribution in [0.15, 0.2) is 22.7 Å². The van der Waals surface area contributed by atoms with Crippen molar-refractivity contribution in [3.8, 4) is 11.1 Å². The van der Waals surface area contributed by atoms with E-state index in [2.05, 4.69) is 5.16 Å². The second kappa shape index (κ2) is 5.64. The number of hydrogen-bond donors (Lipinski definition) is 1. The van der Waals surface area contributed by atoms with Gasteiger partial charge < -0.3 is 15.0 Å². The van der Waals surface area contributed by atoms with E-state index in [9.17, 15) is 0 Å². The highest BCUT2D eigenvalue weighted by molar-refractivity contribution is 6.36. The van der Waals surface area contributed by atoms with Gasteiger partial charge >= 0.3 is 0 Å². The molecule has 4 nitrogen and oxygen atoms in total. The van der Waals surface area contributed by atoms with Gasteiger partial charge in [-0.1, -0.05) is 34.4 Å². The zero-order chi connectivity index (χ0) is 14.1. The van der Waals surface area contributed by atoms with Gasteiger partial charge in [0.2, 0.25) is 5.88 Å². The van der Waals surface area contributed by atoms with E-state index in [1.165, 1.54) is 0 Å². The van der Waals surface area contributed by atoms with Crippen LogP contribution >= 0.6 is 23.2 Å². The third kappa shape index (κ3) is 2.51. The Bertz CT molecular complexity index is 622. The highest BCUT2D eigenvalue weighted by atomic mass is 35.5. The number of nitrogens with two attached hydrogens (primary N) is 1. The Morgan fingerprint density at radius 2 is 2.15 bits per heavy atom. The molecule has 1 aliphatic heterocycles. The minimum atomic E-state index is 0.187. The van der Waals surface area contributed by atoms with Crippen molar-refractivity contribution < 1.29 is 9.26 Å². The predicted molar refractivity (Wildman–Crippen MR) is 79.2 cm³/mol. The third-order valence-corrected chi connectivity index (χ3v) is 4.04. The topological polar surface area (TPSA) is 61.3 Å². The van der Waals surface area contributed by atoms with Gasteiger partial charge in [0.15, 0.2) is 0 Å². The molecule has 1 aliphatic rings. The van der Waals surface area contributed by atoms with Crippen LogP contribution in [0.1, 0.15) is 24.5 Å². The Morgan fingerprint density at radius 1 is 1.30 bits per heavy atom. The molecule has 1 fully saturated rings. The lowest BCUT2D eigenvalue weighted by atomic mass is 9.92. The molecule has 20 heavy (non-hydrogen) atoms. The summed E-state index contributed by atoms with van der Waals surface area (Å²) < 4.78 is 10.7. The van der Waals surface area contributed by atoms with Crippen molar-refractivity contribution in [2.45, 2.75) is 18.8 Å². The lowest BCUT2D eigenvalue weighted by Crippen LogP contribution is -2.16. The van der Waals surface area contributed by atoms with Crippen molar-refractivity contribution in [2.24, 2.45) is 0 Å². The molecule has 3 rings (SSSR count). The van der Waals surface area contributed by atoms with Gasteiger partial charge in [-0.15, -0.1) is 0 Å². The Morgan fingerprint density at radius 3 is 2.85 bits per heavy atom. The number of nitrogen functional groups attached to an aromatic ring is 1. The molecule has 2 N–H and O–H groups in total. The second-order valence-electron chi connectivity index (χ2n) is 4.85. The van der Waals surface area contributed by atoms with E-state index in [4.69, 9.17) is 38.2 Å². The summed E-state index contributed by atoms with van der Waals surface area (Å²) in [5.41, 5.74) is 8.28. The minimum absolute atomic E-state index is 0.187. The van der Waals surface area contributed by atoms with Gasteiger partial charge in [-0.25, -0.2) is 0 Å². The summed E-state index contributed by atoms with van der Waals surface area (Å²) in [6, 6.07) is 5.29. The first-order valence-electron chi connectivity index (χ1n) is 6.45. The molecular formula is C14H14Cl2N2O2. The van der Waals surface area contributed by atoms with Crippen molar-refractivity contribution in [2.75, 3.05) is 18.9 Å². The predicted octanol–water partition coefficient (Wildman–Crippen LogP) is 4.12. The van der Waals surface area contributed by atoms with Crippen LogP contribution < -0.4 is 5.73 Å². The highest BCUT2D eigenvalue weighted by Gasteiger charge is 2.26. The number of nitrogens with zero attached hydrogens (tertiary/aromatic N) is 1. The fraction of sp³-hybridized carbons (Fsp3) is 0.357. The fourth-order valence-electron chi connectivity index (χ4n) is 2.51. The number of halogens is 2. The van der Waals surface area contributed by atoms with Crippen molar-refractivity contribution in [1.29, 1.82) is 0 Å². The van der Waals surface area contributed by atoms with E-state index in [-0.39, 0.29) is 11.8 Å². The third-order valence-electron chi connectivity index (χ3n) is 3.49. The lowest BCUT2D eigenvalue weighted by Gasteiger charge is -2.21. The zero-order valence-electron chi connectivity index (χ0n) is 10.7. The van der Waals surface area contributed by atoms with Crippen LogP contribution in [0.3, 0.4) is 0 Å². The van der Waals surface area contributed by atoms with Crippen LogP contribution in [0.4, 0.5) is 5.88 Å². The van der Waals surface area contributed by atoms with E-state index in [1.807, 2.05) is 6.07 Å². The average Bonchev–Trinajstić information content (AvgIpc) is 2.82. The first-order valence-corrected chi connectivity index (χ1v) is 7.20. The maximum Gasteiger partial charge on any atom is 0.230 e. The van der Waals surface area contributed by atoms with Gasteiger partial charge in [0, 0.05) is 23.1 Å². The summed E-state index contributed by atoms with van der Waals surface area (Å²) in [6.07, 6.45) is 2.01. The second-order valence-corrected chi connectivity index (χ2v) is 5.69. The summed E-state index contributed by atoms with van der Waals surface area (Å²) >= 11 is 12.2. The molecule has 0 spiro atoms. The molecule has 0 aliphatic carbocycles. The van der Waals surface area contributed by atoms with Crippen LogP contribution in [-0.2, 0) is 4.74 Å². The van der Waals surface area contributed by atoms with Crippen LogP contribution in [0, 0.1) is 0 Å². The van der Waals surface area contributed by atoms with Crippen molar-refractivity contribution >= 4 is 29.1 Å². The number of rotatable bonds is 2. The van der Waals surface area contributed by atoms with Crippen molar-refractivity contribution in [1.82, 2.24) is 5.16 Å². The quantitative estimate of drug-likeness (QED) is 0.906. The molecule has 0 saturated carbocycles. The van der Waals surface area contributed by atoms with E-state index in [0.717, 1.165) is 36.3 Å². The van der Waals surface area contributed by atoms with Crippen molar-refractivity contribution in [3.05, 3.63) is 33.9 Å². The first-order chi connectivity index (χ1) is 9.66. The van der Waals surface area contributed by atoms with E-state index in [0.29, 0.717) is 16.7 Å². The van der Waals surface area contributed by atoms with Crippen LogP contribution in [-0.4, -0.2) is 18.4 Å². The summed E-state index contributed by atoms with van der Waals surface area (Å²) in [4.78, 5) is 0. The molecule has 6 heteroatoms.